The Bertz CT molecular complexity index is 1090. The summed E-state index contributed by atoms with van der Waals surface area (Å²) in [6.07, 6.45) is 0. The zero-order chi connectivity index (χ0) is 27.4. The van der Waals surface area contributed by atoms with E-state index < -0.39 is 33.6 Å². The molecule has 0 saturated heterocycles. The number of benzene rings is 2. The maximum atomic E-state index is 11.4. The largest absolute Gasteiger partial charge is 0.459 e. The number of hydrogen-bond donors (Lipinski definition) is 2. The summed E-state index contributed by atoms with van der Waals surface area (Å²) in [5, 5.41) is 25.9. The number of amides is 2. The molecule has 0 aliphatic carbocycles. The van der Waals surface area contributed by atoms with Gasteiger partial charge in [-0.05, 0) is 51.0 Å². The van der Waals surface area contributed by atoms with Crippen molar-refractivity contribution in [2.75, 3.05) is 23.8 Å². The number of nitro benzene ring substituents is 2. The van der Waals surface area contributed by atoms with Gasteiger partial charge < -0.3 is 20.1 Å². The van der Waals surface area contributed by atoms with E-state index in [0.29, 0.717) is 11.1 Å². The van der Waals surface area contributed by atoms with E-state index in [2.05, 4.69) is 20.1 Å². The first-order valence-corrected chi connectivity index (χ1v) is 10.4. The van der Waals surface area contributed by atoms with Gasteiger partial charge >= 0.3 is 23.8 Å². The summed E-state index contributed by atoms with van der Waals surface area (Å²) >= 11 is 0. The van der Waals surface area contributed by atoms with Crippen LogP contribution in [0.4, 0.5) is 22.7 Å². The van der Waals surface area contributed by atoms with Gasteiger partial charge in [0.2, 0.25) is 0 Å². The maximum absolute atomic E-state index is 11.4. The fraction of sp³-hybridized carbons (Fsp3) is 0.273. The molecule has 0 radical (unpaired) electrons. The van der Waals surface area contributed by atoms with Gasteiger partial charge in [0.1, 0.15) is 11.4 Å². The van der Waals surface area contributed by atoms with Crippen LogP contribution in [0.2, 0.25) is 0 Å². The van der Waals surface area contributed by atoms with Crippen LogP contribution in [0, 0.1) is 34.1 Å². The molecule has 36 heavy (non-hydrogen) atoms. The third kappa shape index (κ3) is 8.81. The molecule has 0 fully saturated rings. The topological polar surface area (TPSA) is 197 Å². The molecule has 0 atom stereocenters. The van der Waals surface area contributed by atoms with E-state index in [4.69, 9.17) is 0 Å². The van der Waals surface area contributed by atoms with Crippen molar-refractivity contribution in [3.05, 3.63) is 67.8 Å². The molecule has 0 unspecified atom stereocenters. The highest BCUT2D eigenvalue weighted by molar-refractivity contribution is 6.38. The highest BCUT2D eigenvalue weighted by Crippen LogP contribution is 2.26. The Morgan fingerprint density at radius 3 is 1.33 bits per heavy atom. The van der Waals surface area contributed by atoms with Gasteiger partial charge in [0, 0.05) is 12.1 Å². The van der Waals surface area contributed by atoms with Crippen molar-refractivity contribution >= 4 is 46.5 Å². The van der Waals surface area contributed by atoms with Crippen molar-refractivity contribution in [1.29, 1.82) is 0 Å². The number of nitrogens with one attached hydrogen (secondary N) is 2. The molecule has 0 bridgehead atoms. The van der Waals surface area contributed by atoms with Gasteiger partial charge in [-0.15, -0.1) is 0 Å². The Labute approximate surface area is 204 Å². The number of aryl methyl sites for hydroxylation is 2. The van der Waals surface area contributed by atoms with Gasteiger partial charge in [-0.25, -0.2) is 9.59 Å². The first-order valence-electron chi connectivity index (χ1n) is 10.4. The lowest BCUT2D eigenvalue weighted by Gasteiger charge is -2.05. The number of hydrogen-bond acceptors (Lipinski definition) is 10. The van der Waals surface area contributed by atoms with E-state index in [-0.39, 0.29) is 36.0 Å². The van der Waals surface area contributed by atoms with Crippen LogP contribution in [0.3, 0.4) is 0 Å². The number of esters is 2. The van der Waals surface area contributed by atoms with Crippen molar-refractivity contribution in [3.63, 3.8) is 0 Å². The Balaban J connectivity index is 0.000000360. The third-order valence-electron chi connectivity index (χ3n) is 4.12. The molecule has 2 rings (SSSR count). The number of anilines is 2. The fourth-order valence-electron chi connectivity index (χ4n) is 2.54. The number of nitro groups is 2. The molecular weight excluding hydrogens is 480 g/mol. The van der Waals surface area contributed by atoms with Crippen LogP contribution in [0.15, 0.2) is 36.4 Å². The first kappa shape index (κ1) is 29.2. The minimum Gasteiger partial charge on any atom is -0.459 e. The van der Waals surface area contributed by atoms with Gasteiger partial charge in [-0.1, -0.05) is 12.1 Å². The van der Waals surface area contributed by atoms with E-state index in [0.717, 1.165) is 0 Å². The summed E-state index contributed by atoms with van der Waals surface area (Å²) < 4.78 is 8.96. The minimum absolute atomic E-state index is 0.0383. The molecule has 0 heterocycles. The molecule has 0 saturated carbocycles. The standard InChI is InChI=1S/2C11H12N2O5/c2*1-3-18-11(15)10(14)12-8-5-4-7(2)6-9(8)13(16)17/h2*4-6H,3H2,1-2H3,(H,12,14). The van der Waals surface area contributed by atoms with E-state index in [1.54, 1.807) is 39.8 Å². The van der Waals surface area contributed by atoms with E-state index in [9.17, 15) is 39.4 Å². The maximum Gasteiger partial charge on any atom is 0.397 e. The Morgan fingerprint density at radius 1 is 0.722 bits per heavy atom. The van der Waals surface area contributed by atoms with Crippen LogP contribution < -0.4 is 10.6 Å². The molecule has 0 spiro atoms. The third-order valence-corrected chi connectivity index (χ3v) is 4.12. The number of carbonyl (C=O) groups is 4. The Hall–Kier alpha value is -4.88. The molecular formula is C22H24N4O10. The highest BCUT2D eigenvalue weighted by Gasteiger charge is 2.22. The van der Waals surface area contributed by atoms with E-state index in [1.807, 2.05) is 0 Å². The summed E-state index contributed by atoms with van der Waals surface area (Å²) in [5.74, 6) is -4.23. The van der Waals surface area contributed by atoms with Crippen molar-refractivity contribution in [3.8, 4) is 0 Å². The lowest BCUT2D eigenvalue weighted by atomic mass is 10.2. The van der Waals surface area contributed by atoms with Crippen LogP contribution >= 0.6 is 0 Å². The van der Waals surface area contributed by atoms with Crippen LogP contribution in [-0.4, -0.2) is 46.8 Å². The van der Waals surface area contributed by atoms with Crippen molar-refractivity contribution in [2.24, 2.45) is 0 Å². The molecule has 0 aromatic heterocycles. The molecule has 0 aliphatic rings. The predicted octanol–water partition coefficient (Wildman–Crippen LogP) is 2.81. The molecule has 0 aliphatic heterocycles. The summed E-state index contributed by atoms with van der Waals surface area (Å²) in [6.45, 7) is 6.59. The van der Waals surface area contributed by atoms with Crippen molar-refractivity contribution in [2.45, 2.75) is 27.7 Å². The fourth-order valence-corrected chi connectivity index (χ4v) is 2.54. The second kappa shape index (κ2) is 13.7. The van der Waals surface area contributed by atoms with Crippen LogP contribution in [0.25, 0.3) is 0 Å². The quantitative estimate of drug-likeness (QED) is 0.255. The predicted molar refractivity (Wildman–Crippen MR) is 126 cm³/mol. The van der Waals surface area contributed by atoms with Crippen LogP contribution in [-0.2, 0) is 28.7 Å². The lowest BCUT2D eigenvalue weighted by molar-refractivity contribution is -0.384. The second-order valence-corrected chi connectivity index (χ2v) is 6.90. The Kier molecular flexibility index (Phi) is 11.1. The monoisotopic (exact) mass is 504 g/mol. The van der Waals surface area contributed by atoms with Gasteiger partial charge in [0.25, 0.3) is 11.4 Å². The minimum atomic E-state index is -1.08. The molecule has 2 N–H and O–H groups in total. The average Bonchev–Trinajstić information content (AvgIpc) is 2.81. The summed E-state index contributed by atoms with van der Waals surface area (Å²) in [6, 6.07) is 8.53. The van der Waals surface area contributed by atoms with Gasteiger partial charge in [-0.3, -0.25) is 29.8 Å². The Morgan fingerprint density at radius 2 is 1.06 bits per heavy atom. The number of rotatable bonds is 6. The number of carbonyl (C=O) groups excluding carboxylic acids is 4. The molecule has 2 aromatic rings. The summed E-state index contributed by atoms with van der Waals surface area (Å²) in [4.78, 5) is 65.2. The van der Waals surface area contributed by atoms with Crippen molar-refractivity contribution < 1.29 is 38.5 Å². The van der Waals surface area contributed by atoms with E-state index >= 15 is 0 Å². The number of ether oxygens (including phenoxy) is 2. The molecule has 192 valence electrons. The molecule has 2 amide bonds. The zero-order valence-corrected chi connectivity index (χ0v) is 19.9. The average molecular weight is 504 g/mol. The van der Waals surface area contributed by atoms with Gasteiger partial charge in [0.05, 0.1) is 23.1 Å². The SMILES string of the molecule is CCOC(=O)C(=O)Nc1ccc(C)cc1[N+](=O)[O-].CCOC(=O)C(=O)Nc1ccc(C)cc1[N+](=O)[O-]. The zero-order valence-electron chi connectivity index (χ0n) is 19.9. The van der Waals surface area contributed by atoms with E-state index in [1.165, 1.54) is 24.3 Å². The van der Waals surface area contributed by atoms with Crippen molar-refractivity contribution in [1.82, 2.24) is 0 Å². The van der Waals surface area contributed by atoms with Gasteiger partial charge in [0.15, 0.2) is 0 Å². The second-order valence-electron chi connectivity index (χ2n) is 6.90. The summed E-state index contributed by atoms with van der Waals surface area (Å²) in [7, 11) is 0. The lowest BCUT2D eigenvalue weighted by Crippen LogP contribution is -2.25. The molecule has 14 heteroatoms. The van der Waals surface area contributed by atoms with Crippen LogP contribution in [0.1, 0.15) is 25.0 Å². The summed E-state index contributed by atoms with van der Waals surface area (Å²) in [5.41, 5.74) is 0.735. The number of nitrogens with zero attached hydrogens (tertiary/aromatic N) is 2. The highest BCUT2D eigenvalue weighted by atomic mass is 16.6. The molecule has 14 nitrogen and oxygen atoms in total. The first-order chi connectivity index (χ1) is 16.9. The smallest absolute Gasteiger partial charge is 0.397 e. The van der Waals surface area contributed by atoms with Gasteiger partial charge in [-0.2, -0.15) is 0 Å². The molecule has 2 aromatic carbocycles. The normalized spacial score (nSPS) is 9.67. The van der Waals surface area contributed by atoms with Crippen LogP contribution in [0.5, 0.6) is 0 Å².